The van der Waals surface area contributed by atoms with Gasteiger partial charge in [0.15, 0.2) is 0 Å². The van der Waals surface area contributed by atoms with Crippen molar-refractivity contribution in [3.8, 4) is 5.75 Å². The monoisotopic (exact) mass is 223 g/mol. The summed E-state index contributed by atoms with van der Waals surface area (Å²) in [6.07, 6.45) is -0.765. The molecule has 0 aliphatic carbocycles. The van der Waals surface area contributed by atoms with E-state index < -0.39 is 12.0 Å². The number of benzene rings is 1. The van der Waals surface area contributed by atoms with Crippen LogP contribution in [0.5, 0.6) is 5.75 Å². The number of amides is 2. The molecule has 1 N–H and O–H groups in total. The van der Waals surface area contributed by atoms with Crippen LogP contribution in [0.4, 0.5) is 4.79 Å². The summed E-state index contributed by atoms with van der Waals surface area (Å²) in [6, 6.07) is 6.62. The van der Waals surface area contributed by atoms with Gasteiger partial charge in [0.1, 0.15) is 5.75 Å². The van der Waals surface area contributed by atoms with Crippen molar-refractivity contribution in [2.75, 3.05) is 13.7 Å². The van der Waals surface area contributed by atoms with Crippen LogP contribution in [-0.4, -0.2) is 25.7 Å². The maximum Gasteiger partial charge on any atom is 0.414 e. The first kappa shape index (κ1) is 12.0. The molecule has 16 heavy (non-hydrogen) atoms. The number of hydrogen-bond donors (Lipinski definition) is 1. The van der Waals surface area contributed by atoms with Crippen molar-refractivity contribution in [1.82, 2.24) is 5.32 Å². The second-order valence-corrected chi connectivity index (χ2v) is 2.87. The van der Waals surface area contributed by atoms with Crippen LogP contribution in [0, 0.1) is 0 Å². The van der Waals surface area contributed by atoms with E-state index in [0.29, 0.717) is 5.75 Å². The van der Waals surface area contributed by atoms with Crippen molar-refractivity contribution < 1.29 is 19.1 Å². The maximum atomic E-state index is 11.6. The molecule has 0 saturated heterocycles. The smallest absolute Gasteiger partial charge is 0.414 e. The normalized spacial score (nSPS) is 9.38. The highest BCUT2D eigenvalue weighted by atomic mass is 16.5. The van der Waals surface area contributed by atoms with Crippen LogP contribution in [-0.2, 0) is 4.74 Å². The van der Waals surface area contributed by atoms with Gasteiger partial charge in [-0.2, -0.15) is 0 Å². The Labute approximate surface area is 93.4 Å². The van der Waals surface area contributed by atoms with Gasteiger partial charge in [-0.15, -0.1) is 0 Å². The molecule has 1 aromatic rings. The van der Waals surface area contributed by atoms with Crippen LogP contribution in [0.2, 0.25) is 0 Å². The number of alkyl carbamates (subject to hydrolysis) is 1. The summed E-state index contributed by atoms with van der Waals surface area (Å²) in [5.74, 6) is -0.139. The topological polar surface area (TPSA) is 64.6 Å². The zero-order valence-corrected chi connectivity index (χ0v) is 9.15. The second-order valence-electron chi connectivity index (χ2n) is 2.87. The third-order valence-corrected chi connectivity index (χ3v) is 1.84. The van der Waals surface area contributed by atoms with Crippen molar-refractivity contribution in [2.45, 2.75) is 6.92 Å². The Balaban J connectivity index is 2.76. The summed E-state index contributed by atoms with van der Waals surface area (Å²) in [5, 5.41) is 2.09. The number of imide groups is 1. The molecule has 0 unspecified atom stereocenters. The summed E-state index contributed by atoms with van der Waals surface area (Å²) in [6.45, 7) is 1.87. The molecule has 86 valence electrons. The Morgan fingerprint density at radius 2 is 2.00 bits per heavy atom. The van der Waals surface area contributed by atoms with Gasteiger partial charge >= 0.3 is 6.09 Å². The summed E-state index contributed by atoms with van der Waals surface area (Å²) in [7, 11) is 1.45. The minimum Gasteiger partial charge on any atom is -0.496 e. The Morgan fingerprint density at radius 1 is 1.31 bits per heavy atom. The lowest BCUT2D eigenvalue weighted by molar-refractivity contribution is 0.0922. The molecule has 5 nitrogen and oxygen atoms in total. The van der Waals surface area contributed by atoms with E-state index in [1.807, 2.05) is 0 Å². The standard InChI is InChI=1S/C11H13NO4/c1-3-16-11(14)12-10(13)8-6-4-5-7-9(8)15-2/h4-7H,3H2,1-2H3,(H,12,13,14). The summed E-state index contributed by atoms with van der Waals surface area (Å²) < 4.78 is 9.59. The molecule has 0 fully saturated rings. The van der Waals surface area contributed by atoms with Crippen LogP contribution in [0.1, 0.15) is 17.3 Å². The fourth-order valence-corrected chi connectivity index (χ4v) is 1.16. The van der Waals surface area contributed by atoms with E-state index in [1.54, 1.807) is 31.2 Å². The Morgan fingerprint density at radius 3 is 2.62 bits per heavy atom. The zero-order chi connectivity index (χ0) is 12.0. The minimum absolute atomic E-state index is 0.213. The molecule has 0 aliphatic rings. The van der Waals surface area contributed by atoms with Crippen molar-refractivity contribution in [1.29, 1.82) is 0 Å². The predicted octanol–water partition coefficient (Wildman–Crippen LogP) is 1.58. The van der Waals surface area contributed by atoms with Crippen molar-refractivity contribution in [2.24, 2.45) is 0 Å². The highest BCUT2D eigenvalue weighted by Crippen LogP contribution is 2.16. The number of ether oxygens (including phenoxy) is 2. The minimum atomic E-state index is -0.765. The molecule has 0 saturated carbocycles. The molecule has 0 aliphatic heterocycles. The molecule has 0 bridgehead atoms. The highest BCUT2D eigenvalue weighted by Gasteiger charge is 2.14. The van der Waals surface area contributed by atoms with E-state index in [0.717, 1.165) is 0 Å². The number of hydrogen-bond acceptors (Lipinski definition) is 4. The second kappa shape index (κ2) is 5.75. The van der Waals surface area contributed by atoms with E-state index in [2.05, 4.69) is 10.1 Å². The van der Waals surface area contributed by atoms with E-state index >= 15 is 0 Å². The molecule has 2 amide bonds. The predicted molar refractivity (Wildman–Crippen MR) is 57.5 cm³/mol. The third-order valence-electron chi connectivity index (χ3n) is 1.84. The quantitative estimate of drug-likeness (QED) is 0.844. The van der Waals surface area contributed by atoms with Crippen LogP contribution in [0.3, 0.4) is 0 Å². The molecule has 0 aromatic heterocycles. The zero-order valence-electron chi connectivity index (χ0n) is 9.15. The lowest BCUT2D eigenvalue weighted by Gasteiger charge is -2.07. The molecule has 5 heteroatoms. The first-order chi connectivity index (χ1) is 7.69. The number of nitrogens with one attached hydrogen (secondary N) is 1. The van der Waals surface area contributed by atoms with Gasteiger partial charge in [-0.3, -0.25) is 10.1 Å². The fraction of sp³-hybridized carbons (Fsp3) is 0.273. The van der Waals surface area contributed by atoms with Gasteiger partial charge in [0.05, 0.1) is 19.3 Å². The highest BCUT2D eigenvalue weighted by molar-refractivity contribution is 6.04. The van der Waals surface area contributed by atoms with Crippen LogP contribution < -0.4 is 10.1 Å². The number of para-hydroxylation sites is 1. The third kappa shape index (κ3) is 2.98. The Hall–Kier alpha value is -2.04. The van der Waals surface area contributed by atoms with Gasteiger partial charge < -0.3 is 9.47 Å². The van der Waals surface area contributed by atoms with Gasteiger partial charge in [0, 0.05) is 0 Å². The van der Waals surface area contributed by atoms with Gasteiger partial charge in [-0.05, 0) is 19.1 Å². The van der Waals surface area contributed by atoms with Gasteiger partial charge in [0.25, 0.3) is 5.91 Å². The van der Waals surface area contributed by atoms with Crippen molar-refractivity contribution in [3.63, 3.8) is 0 Å². The van der Waals surface area contributed by atoms with Gasteiger partial charge in [-0.25, -0.2) is 4.79 Å². The maximum absolute atomic E-state index is 11.6. The largest absolute Gasteiger partial charge is 0.496 e. The van der Waals surface area contributed by atoms with E-state index in [-0.39, 0.29) is 12.2 Å². The van der Waals surface area contributed by atoms with Crippen molar-refractivity contribution in [3.05, 3.63) is 29.8 Å². The average Bonchev–Trinajstić information content (AvgIpc) is 2.29. The van der Waals surface area contributed by atoms with E-state index in [1.165, 1.54) is 7.11 Å². The molecular weight excluding hydrogens is 210 g/mol. The summed E-state index contributed by atoms with van der Waals surface area (Å²) in [4.78, 5) is 22.6. The number of rotatable bonds is 3. The lowest BCUT2D eigenvalue weighted by Crippen LogP contribution is -2.31. The van der Waals surface area contributed by atoms with Gasteiger partial charge in [-0.1, -0.05) is 12.1 Å². The van der Waals surface area contributed by atoms with Crippen molar-refractivity contribution >= 4 is 12.0 Å². The first-order valence-electron chi connectivity index (χ1n) is 4.80. The van der Waals surface area contributed by atoms with Crippen LogP contribution in [0.15, 0.2) is 24.3 Å². The molecular formula is C11H13NO4. The number of methoxy groups -OCH3 is 1. The molecule has 0 atom stereocenters. The van der Waals surface area contributed by atoms with E-state index in [9.17, 15) is 9.59 Å². The summed E-state index contributed by atoms with van der Waals surface area (Å²) >= 11 is 0. The number of carbonyl (C=O) groups excluding carboxylic acids is 2. The first-order valence-corrected chi connectivity index (χ1v) is 4.80. The average molecular weight is 223 g/mol. The Bertz CT molecular complexity index is 389. The molecule has 0 radical (unpaired) electrons. The Kier molecular flexibility index (Phi) is 4.32. The van der Waals surface area contributed by atoms with E-state index in [4.69, 9.17) is 4.74 Å². The molecule has 1 rings (SSSR count). The molecule has 0 heterocycles. The fourth-order valence-electron chi connectivity index (χ4n) is 1.16. The van der Waals surface area contributed by atoms with Crippen LogP contribution >= 0.6 is 0 Å². The lowest BCUT2D eigenvalue weighted by atomic mass is 10.2. The molecule has 0 spiro atoms. The number of carbonyl (C=O) groups is 2. The molecule has 1 aromatic carbocycles. The van der Waals surface area contributed by atoms with Gasteiger partial charge in [0.2, 0.25) is 0 Å². The van der Waals surface area contributed by atoms with Crippen LogP contribution in [0.25, 0.3) is 0 Å². The SMILES string of the molecule is CCOC(=O)NC(=O)c1ccccc1OC. The summed E-state index contributed by atoms with van der Waals surface area (Å²) in [5.41, 5.74) is 0.290.